The van der Waals surface area contributed by atoms with Gasteiger partial charge in [-0.25, -0.2) is 4.79 Å². The number of nitrogens with zero attached hydrogens (tertiary/aromatic N) is 1. The van der Waals surface area contributed by atoms with Crippen LogP contribution in [0.25, 0.3) is 0 Å². The van der Waals surface area contributed by atoms with E-state index < -0.39 is 12.0 Å². The van der Waals surface area contributed by atoms with Gasteiger partial charge in [0.15, 0.2) is 0 Å². The number of nitrogens with one attached hydrogen (secondary N) is 1. The van der Waals surface area contributed by atoms with Crippen LogP contribution in [0.15, 0.2) is 18.2 Å². The van der Waals surface area contributed by atoms with Crippen LogP contribution in [0.4, 0.5) is 10.5 Å². The highest BCUT2D eigenvalue weighted by atomic mass is 35.5. The van der Waals surface area contributed by atoms with Crippen molar-refractivity contribution in [2.24, 2.45) is 0 Å². The van der Waals surface area contributed by atoms with Crippen molar-refractivity contribution in [3.63, 3.8) is 0 Å². The predicted octanol–water partition coefficient (Wildman–Crippen LogP) is 3.07. The van der Waals surface area contributed by atoms with E-state index in [-0.39, 0.29) is 12.6 Å². The summed E-state index contributed by atoms with van der Waals surface area (Å²) in [6.45, 7) is 3.30. The summed E-state index contributed by atoms with van der Waals surface area (Å²) in [5.41, 5.74) is 0.397. The molecule has 1 aromatic carbocycles. The van der Waals surface area contributed by atoms with E-state index in [1.807, 2.05) is 6.92 Å². The number of hydrogen-bond donors (Lipinski definition) is 2. The fraction of sp³-hybridized carbons (Fsp3) is 0.429. The normalized spacial score (nSPS) is 11.6. The van der Waals surface area contributed by atoms with Gasteiger partial charge in [0.2, 0.25) is 0 Å². The largest absolute Gasteiger partial charge is 0.495 e. The van der Waals surface area contributed by atoms with Crippen molar-refractivity contribution in [3.8, 4) is 5.75 Å². The van der Waals surface area contributed by atoms with E-state index in [9.17, 15) is 9.59 Å². The van der Waals surface area contributed by atoms with Crippen molar-refractivity contribution >= 4 is 29.3 Å². The highest BCUT2D eigenvalue weighted by Crippen LogP contribution is 2.28. The number of carboxylic acids is 1. The smallest absolute Gasteiger partial charge is 0.323 e. The number of urea groups is 1. The number of rotatable bonds is 6. The molecule has 0 aliphatic rings. The molecule has 0 fully saturated rings. The summed E-state index contributed by atoms with van der Waals surface area (Å²) < 4.78 is 5.14. The highest BCUT2D eigenvalue weighted by Gasteiger charge is 2.22. The van der Waals surface area contributed by atoms with Gasteiger partial charge in [0, 0.05) is 11.1 Å². The van der Waals surface area contributed by atoms with Gasteiger partial charge in [0.05, 0.1) is 12.8 Å². The van der Waals surface area contributed by atoms with E-state index in [1.165, 1.54) is 12.0 Å². The summed E-state index contributed by atoms with van der Waals surface area (Å²) in [5.74, 6) is -0.615. The molecule has 0 aromatic heterocycles. The lowest BCUT2D eigenvalue weighted by molar-refractivity contribution is -0.138. The molecule has 0 saturated carbocycles. The molecule has 116 valence electrons. The third kappa shape index (κ3) is 4.82. The van der Waals surface area contributed by atoms with Crippen molar-refractivity contribution in [1.82, 2.24) is 4.90 Å². The number of halogens is 1. The van der Waals surface area contributed by atoms with E-state index >= 15 is 0 Å². The number of carbonyl (C=O) groups excluding carboxylic acids is 1. The van der Waals surface area contributed by atoms with Crippen LogP contribution in [0, 0.1) is 0 Å². The molecular weight excluding hydrogens is 296 g/mol. The van der Waals surface area contributed by atoms with Crippen LogP contribution in [0.2, 0.25) is 5.02 Å². The first-order valence-electron chi connectivity index (χ1n) is 6.52. The highest BCUT2D eigenvalue weighted by molar-refractivity contribution is 6.31. The van der Waals surface area contributed by atoms with Crippen LogP contribution >= 0.6 is 11.6 Å². The third-order valence-corrected chi connectivity index (χ3v) is 3.33. The lowest BCUT2D eigenvalue weighted by Gasteiger charge is -2.27. The zero-order chi connectivity index (χ0) is 16.0. The van der Waals surface area contributed by atoms with E-state index in [0.29, 0.717) is 22.9 Å². The lowest BCUT2D eigenvalue weighted by atomic mass is 10.2. The van der Waals surface area contributed by atoms with Crippen LogP contribution < -0.4 is 10.1 Å². The SMILES string of the molecule is CCC(C)N(CC(=O)O)C(=O)Nc1cc(Cl)ccc1OC. The van der Waals surface area contributed by atoms with Gasteiger partial charge in [-0.05, 0) is 31.5 Å². The molecule has 0 aliphatic heterocycles. The van der Waals surface area contributed by atoms with Gasteiger partial charge in [0.25, 0.3) is 0 Å². The Kier molecular flexibility index (Phi) is 6.30. The summed E-state index contributed by atoms with van der Waals surface area (Å²) >= 11 is 5.90. The maximum absolute atomic E-state index is 12.3. The predicted molar refractivity (Wildman–Crippen MR) is 81.1 cm³/mol. The first-order valence-corrected chi connectivity index (χ1v) is 6.89. The van der Waals surface area contributed by atoms with Crippen LogP contribution in [0.5, 0.6) is 5.75 Å². The zero-order valence-corrected chi connectivity index (χ0v) is 13.0. The fourth-order valence-corrected chi connectivity index (χ4v) is 1.93. The quantitative estimate of drug-likeness (QED) is 0.845. The summed E-state index contributed by atoms with van der Waals surface area (Å²) in [6.07, 6.45) is 0.646. The van der Waals surface area contributed by atoms with Crippen molar-refractivity contribution in [2.75, 3.05) is 19.0 Å². The molecule has 21 heavy (non-hydrogen) atoms. The molecule has 1 unspecified atom stereocenters. The average Bonchev–Trinajstić information content (AvgIpc) is 2.44. The molecule has 2 amide bonds. The van der Waals surface area contributed by atoms with Gasteiger partial charge in [-0.3, -0.25) is 4.79 Å². The lowest BCUT2D eigenvalue weighted by Crippen LogP contribution is -2.44. The van der Waals surface area contributed by atoms with Gasteiger partial charge in [-0.1, -0.05) is 18.5 Å². The molecule has 0 aliphatic carbocycles. The Morgan fingerprint density at radius 2 is 2.14 bits per heavy atom. The van der Waals surface area contributed by atoms with Gasteiger partial charge >= 0.3 is 12.0 Å². The van der Waals surface area contributed by atoms with Crippen LogP contribution in [0.3, 0.4) is 0 Å². The maximum atomic E-state index is 12.3. The first kappa shape index (κ1) is 17.1. The number of aliphatic carboxylic acids is 1. The van der Waals surface area contributed by atoms with E-state index in [0.717, 1.165) is 0 Å². The number of amides is 2. The molecule has 0 radical (unpaired) electrons. The molecule has 2 N–H and O–H groups in total. The summed E-state index contributed by atoms with van der Waals surface area (Å²) in [4.78, 5) is 24.4. The molecule has 1 atom stereocenters. The maximum Gasteiger partial charge on any atom is 0.323 e. The molecule has 0 saturated heterocycles. The first-order chi connectivity index (χ1) is 9.88. The van der Waals surface area contributed by atoms with Gasteiger partial charge in [0.1, 0.15) is 12.3 Å². The molecule has 1 aromatic rings. The van der Waals surface area contributed by atoms with Crippen LogP contribution in [0.1, 0.15) is 20.3 Å². The zero-order valence-electron chi connectivity index (χ0n) is 12.2. The van der Waals surface area contributed by atoms with Crippen LogP contribution in [-0.2, 0) is 4.79 Å². The molecular formula is C14H19ClN2O4. The van der Waals surface area contributed by atoms with Crippen molar-refractivity contribution in [1.29, 1.82) is 0 Å². The molecule has 0 spiro atoms. The molecule has 6 nitrogen and oxygen atoms in total. The van der Waals surface area contributed by atoms with Crippen molar-refractivity contribution in [3.05, 3.63) is 23.2 Å². The van der Waals surface area contributed by atoms with Crippen molar-refractivity contribution in [2.45, 2.75) is 26.3 Å². The summed E-state index contributed by atoms with van der Waals surface area (Å²) in [7, 11) is 1.47. The second-order valence-electron chi connectivity index (χ2n) is 4.55. The van der Waals surface area contributed by atoms with E-state index in [4.69, 9.17) is 21.4 Å². The standard InChI is InChI=1S/C14H19ClN2O4/c1-4-9(2)17(8-13(18)19)14(20)16-11-7-10(15)5-6-12(11)21-3/h5-7,9H,4,8H2,1-3H3,(H,16,20)(H,18,19). The number of carbonyl (C=O) groups is 2. The molecule has 0 heterocycles. The number of anilines is 1. The van der Waals surface area contributed by atoms with Crippen molar-refractivity contribution < 1.29 is 19.4 Å². The number of hydrogen-bond acceptors (Lipinski definition) is 3. The minimum atomic E-state index is -1.07. The Morgan fingerprint density at radius 1 is 1.48 bits per heavy atom. The third-order valence-electron chi connectivity index (χ3n) is 3.09. The number of ether oxygens (including phenoxy) is 1. The average molecular weight is 315 g/mol. The number of carboxylic acid groups (broad SMARTS) is 1. The van der Waals surface area contributed by atoms with Gasteiger partial charge in [-0.15, -0.1) is 0 Å². The summed E-state index contributed by atoms with van der Waals surface area (Å²) in [5, 5.41) is 12.0. The summed E-state index contributed by atoms with van der Waals surface area (Å²) in [6, 6.07) is 4.11. The monoisotopic (exact) mass is 314 g/mol. The Balaban J connectivity index is 2.95. The Labute approximate surface area is 128 Å². The Bertz CT molecular complexity index is 522. The number of benzene rings is 1. The van der Waals surface area contributed by atoms with Gasteiger partial charge < -0.3 is 20.1 Å². The number of methoxy groups -OCH3 is 1. The molecule has 7 heteroatoms. The molecule has 0 bridgehead atoms. The topological polar surface area (TPSA) is 78.9 Å². The van der Waals surface area contributed by atoms with E-state index in [1.54, 1.807) is 25.1 Å². The van der Waals surface area contributed by atoms with Gasteiger partial charge in [-0.2, -0.15) is 0 Å². The minimum absolute atomic E-state index is 0.203. The Morgan fingerprint density at radius 3 is 2.67 bits per heavy atom. The van der Waals surface area contributed by atoms with Crippen LogP contribution in [-0.4, -0.2) is 41.7 Å². The second-order valence-corrected chi connectivity index (χ2v) is 4.99. The fourth-order valence-electron chi connectivity index (χ4n) is 1.76. The Hall–Kier alpha value is -1.95. The molecule has 1 rings (SSSR count). The second kappa shape index (κ2) is 7.73. The minimum Gasteiger partial charge on any atom is -0.495 e. The van der Waals surface area contributed by atoms with E-state index in [2.05, 4.69) is 5.32 Å².